The summed E-state index contributed by atoms with van der Waals surface area (Å²) in [4.78, 5) is 58.4. The Kier molecular flexibility index (Phi) is 8.31. The second kappa shape index (κ2) is 11.6. The van der Waals surface area contributed by atoms with Crippen LogP contribution in [0.2, 0.25) is 0 Å². The molecule has 0 unspecified atom stereocenters. The van der Waals surface area contributed by atoms with Gasteiger partial charge in [0, 0.05) is 18.7 Å². The zero-order valence-corrected chi connectivity index (χ0v) is 24.9. The minimum absolute atomic E-state index is 0.147. The fraction of sp³-hybridized carbons (Fsp3) is 0.562. The molecule has 1 aromatic rings. The Balaban J connectivity index is 1.65. The van der Waals surface area contributed by atoms with Gasteiger partial charge in [-0.25, -0.2) is 0 Å². The number of anilines is 1. The van der Waals surface area contributed by atoms with E-state index >= 15 is 0 Å². The van der Waals surface area contributed by atoms with Gasteiger partial charge in [0.2, 0.25) is 11.8 Å². The molecule has 226 valence electrons. The number of carbonyl (C=O) groups is 4. The monoisotopic (exact) mass is 579 g/mol. The lowest BCUT2D eigenvalue weighted by Gasteiger charge is -2.40. The summed E-state index contributed by atoms with van der Waals surface area (Å²) < 4.78 is 12.5. The fourth-order valence-electron chi connectivity index (χ4n) is 7.01. The Morgan fingerprint density at radius 1 is 1.10 bits per heavy atom. The number of hydrogen-bond donors (Lipinski definition) is 2. The van der Waals surface area contributed by atoms with Gasteiger partial charge in [-0.15, -0.1) is 0 Å². The number of aliphatic hydroxyl groups is 1. The Hall–Kier alpha value is -3.50. The van der Waals surface area contributed by atoms with Crippen LogP contribution in [0, 0.1) is 31.6 Å². The molecule has 2 N–H and O–H groups in total. The van der Waals surface area contributed by atoms with Gasteiger partial charge >= 0.3 is 5.97 Å². The van der Waals surface area contributed by atoms with Crippen molar-refractivity contribution in [3.63, 3.8) is 0 Å². The van der Waals surface area contributed by atoms with E-state index in [0.717, 1.165) is 16.8 Å². The fourth-order valence-corrected chi connectivity index (χ4v) is 7.01. The van der Waals surface area contributed by atoms with Crippen molar-refractivity contribution in [2.75, 3.05) is 24.6 Å². The Morgan fingerprint density at radius 2 is 1.81 bits per heavy atom. The average molecular weight is 580 g/mol. The molecule has 10 nitrogen and oxygen atoms in total. The number of nitrogens with zero attached hydrogens (tertiary/aromatic N) is 2. The van der Waals surface area contributed by atoms with Gasteiger partial charge in [-0.2, -0.15) is 0 Å². The van der Waals surface area contributed by atoms with Gasteiger partial charge in [-0.05, 0) is 44.2 Å². The standard InChI is InChI=1S/C32H41N3O7/c1-18(2)22(17-36)35-28-30(39)34(27-19(3)10-8-11-20(27)4)15-9-14-32(28)26(29(35)38)25-23(42-32)12-6-7-13-24(37)33-16-21(5)41-31(25)40/h6,8-12,14,18,21-23,25-26,28,36H,7,13,15-17H2,1-5H3,(H,33,37)/b12-6-/t21-,22-,23-,25+,26+,28-,32+/m0/s1. The normalized spacial score (nSPS) is 33.2. The van der Waals surface area contributed by atoms with Gasteiger partial charge in [0.1, 0.15) is 23.7 Å². The lowest BCUT2D eigenvalue weighted by atomic mass is 9.78. The molecular formula is C32H41N3O7. The third kappa shape index (κ3) is 4.94. The van der Waals surface area contributed by atoms with Gasteiger partial charge in [-0.3, -0.25) is 19.2 Å². The predicted octanol–water partition coefficient (Wildman–Crippen LogP) is 2.20. The van der Waals surface area contributed by atoms with Crippen molar-refractivity contribution in [3.05, 3.63) is 53.6 Å². The maximum absolute atomic E-state index is 14.7. The molecule has 3 amide bonds. The minimum atomic E-state index is -1.46. The molecule has 0 aliphatic carbocycles. The number of ether oxygens (including phenoxy) is 2. The second-order valence-electron chi connectivity index (χ2n) is 12.2. The smallest absolute Gasteiger partial charge is 0.313 e. The molecule has 5 rings (SSSR count). The Bertz CT molecular complexity index is 1300. The minimum Gasteiger partial charge on any atom is -0.460 e. The third-order valence-corrected chi connectivity index (χ3v) is 9.00. The van der Waals surface area contributed by atoms with Gasteiger partial charge in [0.25, 0.3) is 5.91 Å². The van der Waals surface area contributed by atoms with Crippen LogP contribution < -0.4 is 10.2 Å². The number of para-hydroxylation sites is 1. The average Bonchev–Trinajstić information content (AvgIpc) is 3.31. The molecule has 1 spiro atoms. The van der Waals surface area contributed by atoms with Crippen molar-refractivity contribution in [1.82, 2.24) is 10.2 Å². The highest BCUT2D eigenvalue weighted by Gasteiger charge is 2.72. The number of amides is 3. The molecule has 10 heteroatoms. The highest BCUT2D eigenvalue weighted by atomic mass is 16.6. The topological polar surface area (TPSA) is 125 Å². The van der Waals surface area contributed by atoms with E-state index in [0.29, 0.717) is 6.42 Å². The number of rotatable bonds is 4. The van der Waals surface area contributed by atoms with E-state index in [1.807, 2.05) is 52.0 Å². The molecule has 7 atom stereocenters. The van der Waals surface area contributed by atoms with Gasteiger partial charge < -0.3 is 29.7 Å². The number of likely N-dealkylation sites (tertiary alicyclic amines) is 1. The van der Waals surface area contributed by atoms with Crippen LogP contribution in [0.5, 0.6) is 0 Å². The maximum Gasteiger partial charge on any atom is 0.313 e. The molecular weight excluding hydrogens is 538 g/mol. The molecule has 4 aliphatic rings. The number of carbonyl (C=O) groups excluding carboxylic acids is 4. The first-order valence-corrected chi connectivity index (χ1v) is 14.8. The summed E-state index contributed by atoms with van der Waals surface area (Å²) in [6.45, 7) is 9.40. The van der Waals surface area contributed by atoms with E-state index in [2.05, 4.69) is 5.32 Å². The molecule has 0 saturated carbocycles. The number of esters is 1. The molecule has 0 aromatic heterocycles. The lowest BCUT2D eigenvalue weighted by molar-refractivity contribution is -0.159. The van der Waals surface area contributed by atoms with Crippen molar-refractivity contribution >= 4 is 29.4 Å². The molecule has 1 aromatic carbocycles. The van der Waals surface area contributed by atoms with Crippen molar-refractivity contribution < 1.29 is 33.8 Å². The van der Waals surface area contributed by atoms with Crippen LogP contribution in [0.15, 0.2) is 42.5 Å². The van der Waals surface area contributed by atoms with Gasteiger partial charge in [0.05, 0.1) is 31.2 Å². The number of benzene rings is 1. The third-order valence-electron chi connectivity index (χ3n) is 9.00. The summed E-state index contributed by atoms with van der Waals surface area (Å²) in [6, 6.07) is 4.03. The first-order valence-electron chi connectivity index (χ1n) is 14.8. The van der Waals surface area contributed by atoms with E-state index in [1.54, 1.807) is 30.1 Å². The largest absolute Gasteiger partial charge is 0.460 e. The van der Waals surface area contributed by atoms with Crippen LogP contribution in [0.3, 0.4) is 0 Å². The van der Waals surface area contributed by atoms with Crippen molar-refractivity contribution in [2.24, 2.45) is 17.8 Å². The van der Waals surface area contributed by atoms with Gasteiger partial charge in [-0.1, -0.05) is 56.4 Å². The first kappa shape index (κ1) is 30.0. The van der Waals surface area contributed by atoms with Crippen LogP contribution in [0.1, 0.15) is 44.7 Å². The summed E-state index contributed by atoms with van der Waals surface area (Å²) in [5, 5.41) is 13.3. The highest BCUT2D eigenvalue weighted by Crippen LogP contribution is 2.54. The predicted molar refractivity (Wildman–Crippen MR) is 155 cm³/mol. The van der Waals surface area contributed by atoms with E-state index in [-0.39, 0.29) is 43.8 Å². The zero-order chi connectivity index (χ0) is 30.3. The summed E-state index contributed by atoms with van der Waals surface area (Å²) in [5.74, 6) is -3.75. The van der Waals surface area contributed by atoms with Crippen LogP contribution in [0.25, 0.3) is 0 Å². The molecule has 2 fully saturated rings. The van der Waals surface area contributed by atoms with Crippen molar-refractivity contribution in [2.45, 2.75) is 77.4 Å². The Labute approximate surface area is 246 Å². The molecule has 0 bridgehead atoms. The summed E-state index contributed by atoms with van der Waals surface area (Å²) >= 11 is 0. The van der Waals surface area contributed by atoms with Crippen LogP contribution >= 0.6 is 0 Å². The van der Waals surface area contributed by atoms with E-state index in [1.165, 1.54) is 4.90 Å². The Morgan fingerprint density at radius 3 is 2.48 bits per heavy atom. The SMILES string of the molecule is Cc1cccc(C)c1N1CC=C[C@@]23O[C@H]4/C=C\CCC(=O)NC[C@H](C)OC(=O)[C@H]4[C@@H]2C(=O)N([C@@H](CO)C(C)C)[C@H]3C1=O. The van der Waals surface area contributed by atoms with E-state index in [9.17, 15) is 24.3 Å². The van der Waals surface area contributed by atoms with Gasteiger partial charge in [0.15, 0.2) is 0 Å². The summed E-state index contributed by atoms with van der Waals surface area (Å²) in [6.07, 6.45) is 6.32. The maximum atomic E-state index is 14.7. The first-order chi connectivity index (χ1) is 20.0. The zero-order valence-electron chi connectivity index (χ0n) is 24.9. The van der Waals surface area contributed by atoms with Crippen molar-refractivity contribution in [3.8, 4) is 0 Å². The number of aryl methyl sites for hydroxylation is 2. The number of nitrogens with one attached hydrogen (secondary N) is 1. The number of fused-ring (bicyclic) bond motifs is 2. The second-order valence-corrected chi connectivity index (χ2v) is 12.2. The van der Waals surface area contributed by atoms with E-state index in [4.69, 9.17) is 9.47 Å². The summed E-state index contributed by atoms with van der Waals surface area (Å²) in [5.41, 5.74) is 1.14. The number of aliphatic hydroxyl groups excluding tert-OH is 1. The molecule has 2 saturated heterocycles. The quantitative estimate of drug-likeness (QED) is 0.414. The van der Waals surface area contributed by atoms with Crippen LogP contribution in [-0.2, 0) is 28.7 Å². The van der Waals surface area contributed by atoms with E-state index < -0.39 is 53.6 Å². The van der Waals surface area contributed by atoms with Crippen molar-refractivity contribution in [1.29, 1.82) is 0 Å². The molecule has 0 radical (unpaired) electrons. The highest BCUT2D eigenvalue weighted by molar-refractivity contribution is 6.06. The number of allylic oxidation sites excluding steroid dienone is 1. The number of hydrogen-bond acceptors (Lipinski definition) is 7. The summed E-state index contributed by atoms with van der Waals surface area (Å²) in [7, 11) is 0. The molecule has 42 heavy (non-hydrogen) atoms. The molecule has 4 heterocycles. The van der Waals surface area contributed by atoms with Crippen LogP contribution in [0.4, 0.5) is 5.69 Å². The molecule has 4 aliphatic heterocycles. The number of cyclic esters (lactones) is 1. The van der Waals surface area contributed by atoms with Crippen LogP contribution in [-0.4, -0.2) is 83.3 Å². The lowest BCUT2D eigenvalue weighted by Crippen LogP contribution is -2.59.